The molecule has 0 saturated carbocycles. The molecule has 0 unspecified atom stereocenters. The smallest absolute Gasteiger partial charge is 0.151 e. The number of rotatable bonds is 3. The monoisotopic (exact) mass is 213 g/mol. The highest BCUT2D eigenvalue weighted by atomic mass is 15.2. The predicted octanol–water partition coefficient (Wildman–Crippen LogP) is 2.30. The molecule has 2 N–H and O–H groups in total. The van der Waals surface area contributed by atoms with E-state index in [9.17, 15) is 0 Å². The molecule has 0 aliphatic carbocycles. The summed E-state index contributed by atoms with van der Waals surface area (Å²) in [5, 5.41) is 0. The first-order valence-electron chi connectivity index (χ1n) is 5.23. The third-order valence-electron chi connectivity index (χ3n) is 2.44. The lowest BCUT2D eigenvalue weighted by Crippen LogP contribution is -2.18. The van der Waals surface area contributed by atoms with Crippen LogP contribution in [-0.4, -0.2) is 12.0 Å². The molecule has 1 heterocycles. The van der Waals surface area contributed by atoms with E-state index in [1.54, 1.807) is 6.20 Å². The molecule has 0 spiro atoms. The maximum Gasteiger partial charge on any atom is 0.151 e. The summed E-state index contributed by atoms with van der Waals surface area (Å²) in [7, 11) is 1.99. The fourth-order valence-electron chi connectivity index (χ4n) is 1.66. The average molecular weight is 213 g/mol. The quantitative estimate of drug-likeness (QED) is 0.850. The van der Waals surface area contributed by atoms with Crippen LogP contribution in [0.3, 0.4) is 0 Å². The summed E-state index contributed by atoms with van der Waals surface area (Å²) in [6.45, 7) is 0.808. The van der Waals surface area contributed by atoms with E-state index in [0.717, 1.165) is 12.4 Å². The number of nitrogen functional groups attached to an aromatic ring is 1. The van der Waals surface area contributed by atoms with Crippen molar-refractivity contribution in [2.75, 3.05) is 17.7 Å². The molecule has 2 aromatic rings. The molecule has 3 nitrogen and oxygen atoms in total. The van der Waals surface area contributed by atoms with Crippen molar-refractivity contribution in [3.8, 4) is 0 Å². The zero-order valence-electron chi connectivity index (χ0n) is 9.30. The molecule has 1 aromatic heterocycles. The molecule has 0 amide bonds. The summed E-state index contributed by atoms with van der Waals surface area (Å²) in [5.41, 5.74) is 7.83. The Bertz CT molecular complexity index is 454. The maximum atomic E-state index is 5.87. The summed E-state index contributed by atoms with van der Waals surface area (Å²) in [6.07, 6.45) is 1.76. The maximum absolute atomic E-state index is 5.87. The fourth-order valence-corrected chi connectivity index (χ4v) is 1.66. The summed E-state index contributed by atoms with van der Waals surface area (Å²) in [4.78, 5) is 6.32. The van der Waals surface area contributed by atoms with Crippen LogP contribution in [0.5, 0.6) is 0 Å². The summed E-state index contributed by atoms with van der Waals surface area (Å²) >= 11 is 0. The Morgan fingerprint density at radius 1 is 1.12 bits per heavy atom. The molecule has 0 atom stereocenters. The van der Waals surface area contributed by atoms with Crippen molar-refractivity contribution >= 4 is 11.5 Å². The Balaban J connectivity index is 2.15. The molecule has 82 valence electrons. The van der Waals surface area contributed by atoms with Gasteiger partial charge in [0.1, 0.15) is 0 Å². The molecular formula is C13H15N3. The van der Waals surface area contributed by atoms with E-state index in [-0.39, 0.29) is 0 Å². The molecule has 0 aliphatic rings. The Hall–Kier alpha value is -2.03. The van der Waals surface area contributed by atoms with Gasteiger partial charge in [0.15, 0.2) is 5.82 Å². The van der Waals surface area contributed by atoms with E-state index >= 15 is 0 Å². The normalized spacial score (nSPS) is 10.1. The lowest BCUT2D eigenvalue weighted by Gasteiger charge is -2.19. The number of anilines is 2. The van der Waals surface area contributed by atoms with Crippen LogP contribution in [0.25, 0.3) is 0 Å². The molecule has 16 heavy (non-hydrogen) atoms. The minimum Gasteiger partial charge on any atom is -0.396 e. The second-order valence-corrected chi connectivity index (χ2v) is 3.76. The van der Waals surface area contributed by atoms with Gasteiger partial charge in [-0.25, -0.2) is 4.98 Å². The standard InChI is InChI=1S/C13H15N3/c1-16(10-11-6-3-2-4-7-11)13-12(14)8-5-9-15-13/h2-9H,10,14H2,1H3. The van der Waals surface area contributed by atoms with Crippen LogP contribution < -0.4 is 10.6 Å². The first-order valence-corrected chi connectivity index (χ1v) is 5.23. The number of benzene rings is 1. The SMILES string of the molecule is CN(Cc1ccccc1)c1ncccc1N. The number of pyridine rings is 1. The van der Waals surface area contributed by atoms with Crippen molar-refractivity contribution in [1.29, 1.82) is 0 Å². The van der Waals surface area contributed by atoms with Crippen molar-refractivity contribution in [3.05, 3.63) is 54.2 Å². The molecule has 1 aromatic carbocycles. The van der Waals surface area contributed by atoms with E-state index in [0.29, 0.717) is 5.69 Å². The highest BCUT2D eigenvalue weighted by Crippen LogP contribution is 2.19. The van der Waals surface area contributed by atoms with Gasteiger partial charge in [0.25, 0.3) is 0 Å². The number of nitrogens with zero attached hydrogens (tertiary/aromatic N) is 2. The molecule has 0 saturated heterocycles. The second kappa shape index (κ2) is 4.66. The number of hydrogen-bond donors (Lipinski definition) is 1. The third-order valence-corrected chi connectivity index (χ3v) is 2.44. The summed E-state index contributed by atoms with van der Waals surface area (Å²) in [6, 6.07) is 14.0. The van der Waals surface area contributed by atoms with Crippen molar-refractivity contribution in [3.63, 3.8) is 0 Å². The van der Waals surface area contributed by atoms with E-state index in [1.807, 2.05) is 42.3 Å². The van der Waals surface area contributed by atoms with Gasteiger partial charge in [0.2, 0.25) is 0 Å². The van der Waals surface area contributed by atoms with Gasteiger partial charge in [-0.1, -0.05) is 30.3 Å². The number of hydrogen-bond acceptors (Lipinski definition) is 3. The topological polar surface area (TPSA) is 42.2 Å². The Morgan fingerprint density at radius 3 is 2.56 bits per heavy atom. The fraction of sp³-hybridized carbons (Fsp3) is 0.154. The highest BCUT2D eigenvalue weighted by Gasteiger charge is 2.05. The van der Waals surface area contributed by atoms with Crippen molar-refractivity contribution in [2.45, 2.75) is 6.54 Å². The molecule has 0 aliphatic heterocycles. The first-order chi connectivity index (χ1) is 7.77. The molecule has 3 heteroatoms. The summed E-state index contributed by atoms with van der Waals surface area (Å²) in [5.74, 6) is 0.825. The minimum atomic E-state index is 0.709. The molecule has 0 fully saturated rings. The van der Waals surface area contributed by atoms with Gasteiger partial charge in [0, 0.05) is 19.8 Å². The Labute approximate surface area is 95.5 Å². The molecule has 0 radical (unpaired) electrons. The van der Waals surface area contributed by atoms with Gasteiger partial charge in [0.05, 0.1) is 5.69 Å². The van der Waals surface area contributed by atoms with E-state index < -0.39 is 0 Å². The molecule has 0 bridgehead atoms. The van der Waals surface area contributed by atoms with Gasteiger partial charge in [-0.05, 0) is 17.7 Å². The number of aromatic nitrogens is 1. The third kappa shape index (κ3) is 2.31. The van der Waals surface area contributed by atoms with E-state index in [2.05, 4.69) is 17.1 Å². The van der Waals surface area contributed by atoms with Crippen LogP contribution in [0, 0.1) is 0 Å². The zero-order valence-corrected chi connectivity index (χ0v) is 9.30. The summed E-state index contributed by atoms with van der Waals surface area (Å²) < 4.78 is 0. The van der Waals surface area contributed by atoms with Crippen LogP contribution in [0.4, 0.5) is 11.5 Å². The van der Waals surface area contributed by atoms with Crippen molar-refractivity contribution in [1.82, 2.24) is 4.98 Å². The number of nitrogens with two attached hydrogens (primary N) is 1. The predicted molar refractivity (Wildman–Crippen MR) is 67.2 cm³/mol. The van der Waals surface area contributed by atoms with Crippen LogP contribution >= 0.6 is 0 Å². The van der Waals surface area contributed by atoms with Gasteiger partial charge in [-0.3, -0.25) is 0 Å². The lowest BCUT2D eigenvalue weighted by molar-refractivity contribution is 0.900. The Kier molecular flexibility index (Phi) is 3.05. The molecule has 2 rings (SSSR count). The van der Waals surface area contributed by atoms with Gasteiger partial charge in [-0.2, -0.15) is 0 Å². The van der Waals surface area contributed by atoms with E-state index in [1.165, 1.54) is 5.56 Å². The van der Waals surface area contributed by atoms with Gasteiger partial charge < -0.3 is 10.6 Å². The largest absolute Gasteiger partial charge is 0.396 e. The van der Waals surface area contributed by atoms with Crippen LogP contribution in [0.2, 0.25) is 0 Å². The second-order valence-electron chi connectivity index (χ2n) is 3.76. The molecular weight excluding hydrogens is 198 g/mol. The van der Waals surface area contributed by atoms with Crippen LogP contribution in [-0.2, 0) is 6.54 Å². The minimum absolute atomic E-state index is 0.709. The van der Waals surface area contributed by atoms with Crippen molar-refractivity contribution < 1.29 is 0 Å². The Morgan fingerprint density at radius 2 is 1.88 bits per heavy atom. The first kappa shape index (κ1) is 10.5. The van der Waals surface area contributed by atoms with Gasteiger partial charge in [-0.15, -0.1) is 0 Å². The van der Waals surface area contributed by atoms with Crippen molar-refractivity contribution in [2.24, 2.45) is 0 Å². The zero-order chi connectivity index (χ0) is 11.4. The van der Waals surface area contributed by atoms with Crippen LogP contribution in [0.15, 0.2) is 48.7 Å². The highest BCUT2D eigenvalue weighted by molar-refractivity contribution is 5.61. The van der Waals surface area contributed by atoms with Gasteiger partial charge >= 0.3 is 0 Å². The average Bonchev–Trinajstić information content (AvgIpc) is 2.31. The van der Waals surface area contributed by atoms with Crippen LogP contribution in [0.1, 0.15) is 5.56 Å². The van der Waals surface area contributed by atoms with E-state index in [4.69, 9.17) is 5.73 Å². The lowest BCUT2D eigenvalue weighted by atomic mass is 10.2.